The molecule has 17 heavy (non-hydrogen) atoms. The Balaban J connectivity index is 2.04. The molecule has 1 aromatic heterocycles. The van der Waals surface area contributed by atoms with Crippen LogP contribution in [0.4, 0.5) is 0 Å². The highest BCUT2D eigenvalue weighted by molar-refractivity contribution is 5.11. The minimum absolute atomic E-state index is 0.412. The van der Waals surface area contributed by atoms with Gasteiger partial charge in [0.05, 0.1) is 12.2 Å². The van der Waals surface area contributed by atoms with E-state index in [-0.39, 0.29) is 0 Å². The summed E-state index contributed by atoms with van der Waals surface area (Å²) in [7, 11) is 0. The smallest absolute Gasteiger partial charge is 0.0646 e. The van der Waals surface area contributed by atoms with Gasteiger partial charge in [0.15, 0.2) is 0 Å². The first kappa shape index (κ1) is 12.6. The van der Waals surface area contributed by atoms with Crippen LogP contribution in [-0.4, -0.2) is 40.9 Å². The molecule has 2 unspecified atom stereocenters. The highest BCUT2D eigenvalue weighted by Gasteiger charge is 2.21. The predicted octanol–water partition coefficient (Wildman–Crippen LogP) is 1.60. The molecule has 2 atom stereocenters. The Hall–Kier alpha value is -0.870. The lowest BCUT2D eigenvalue weighted by atomic mass is 10.0. The van der Waals surface area contributed by atoms with Gasteiger partial charge in [0, 0.05) is 12.7 Å². The number of hydrogen-bond acceptors (Lipinski definition) is 3. The molecule has 4 heteroatoms. The van der Waals surface area contributed by atoms with Crippen LogP contribution in [0.25, 0.3) is 0 Å². The lowest BCUT2D eigenvalue weighted by Crippen LogP contribution is -2.36. The normalized spacial score (nSPS) is 23.8. The summed E-state index contributed by atoms with van der Waals surface area (Å²) in [6.07, 6.45) is 6.68. The predicted molar refractivity (Wildman–Crippen MR) is 70.1 cm³/mol. The number of hydrogen-bond donors (Lipinski definition) is 1. The van der Waals surface area contributed by atoms with Crippen LogP contribution in [0.3, 0.4) is 0 Å². The van der Waals surface area contributed by atoms with E-state index in [0.717, 1.165) is 13.1 Å². The van der Waals surface area contributed by atoms with Gasteiger partial charge in [0.2, 0.25) is 0 Å². The van der Waals surface area contributed by atoms with Gasteiger partial charge in [0.25, 0.3) is 0 Å². The number of nitrogens with two attached hydrogens (primary N) is 1. The van der Waals surface area contributed by atoms with Crippen molar-refractivity contribution in [2.45, 2.75) is 38.6 Å². The van der Waals surface area contributed by atoms with Crippen LogP contribution in [0, 0.1) is 0 Å². The fourth-order valence-corrected chi connectivity index (χ4v) is 2.48. The highest BCUT2D eigenvalue weighted by atomic mass is 15.3. The van der Waals surface area contributed by atoms with E-state index in [1.807, 2.05) is 6.20 Å². The van der Waals surface area contributed by atoms with Gasteiger partial charge in [-0.3, -0.25) is 4.68 Å². The van der Waals surface area contributed by atoms with Gasteiger partial charge in [-0.15, -0.1) is 0 Å². The van der Waals surface area contributed by atoms with Gasteiger partial charge in [-0.2, -0.15) is 5.10 Å². The number of piperidine rings is 1. The minimum atomic E-state index is 0.412. The molecule has 1 aliphatic rings. The molecule has 1 saturated heterocycles. The first-order chi connectivity index (χ1) is 8.24. The maximum Gasteiger partial charge on any atom is 0.0646 e. The average Bonchev–Trinajstić information content (AvgIpc) is 2.87. The van der Waals surface area contributed by atoms with Gasteiger partial charge >= 0.3 is 0 Å². The molecule has 2 N–H and O–H groups in total. The summed E-state index contributed by atoms with van der Waals surface area (Å²) in [6.45, 7) is 8.59. The lowest BCUT2D eigenvalue weighted by molar-refractivity contribution is 0.177. The molecule has 0 bridgehead atoms. The van der Waals surface area contributed by atoms with Crippen molar-refractivity contribution >= 4 is 0 Å². The van der Waals surface area contributed by atoms with E-state index in [4.69, 9.17) is 5.73 Å². The summed E-state index contributed by atoms with van der Waals surface area (Å²) in [4.78, 5) is 2.50. The second kappa shape index (κ2) is 5.65. The molecule has 1 fully saturated rings. The molecule has 2 rings (SSSR count). The van der Waals surface area contributed by atoms with Gasteiger partial charge in [0.1, 0.15) is 0 Å². The molecule has 1 aromatic rings. The molecule has 0 amide bonds. The molecule has 0 aliphatic carbocycles. The molecule has 2 heterocycles. The number of aromatic nitrogens is 2. The number of nitrogens with zero attached hydrogens (tertiary/aromatic N) is 3. The van der Waals surface area contributed by atoms with Crippen molar-refractivity contribution in [1.82, 2.24) is 14.7 Å². The van der Waals surface area contributed by atoms with Crippen LogP contribution in [0.5, 0.6) is 0 Å². The van der Waals surface area contributed by atoms with Crippen LogP contribution >= 0.6 is 0 Å². The van der Waals surface area contributed by atoms with E-state index in [1.54, 1.807) is 0 Å². The zero-order valence-electron chi connectivity index (χ0n) is 11.0. The standard InChI is InChI=1S/C13H24N4/c1-3-16-6-4-5-13(10-16)17-9-12(8-15-17)11(2)7-14/h8-9,11,13H,3-7,10,14H2,1-2H3. The largest absolute Gasteiger partial charge is 0.330 e. The SMILES string of the molecule is CCN1CCCC(n2cc(C(C)CN)cn2)C1. The van der Waals surface area contributed by atoms with E-state index in [2.05, 4.69) is 34.7 Å². The maximum atomic E-state index is 5.69. The zero-order valence-corrected chi connectivity index (χ0v) is 11.0. The Bertz CT molecular complexity index is 347. The number of rotatable bonds is 4. The first-order valence-corrected chi connectivity index (χ1v) is 6.71. The van der Waals surface area contributed by atoms with Crippen LogP contribution in [-0.2, 0) is 0 Å². The Morgan fingerprint density at radius 2 is 2.41 bits per heavy atom. The lowest BCUT2D eigenvalue weighted by Gasteiger charge is -2.31. The summed E-state index contributed by atoms with van der Waals surface area (Å²) in [6, 6.07) is 0.544. The van der Waals surface area contributed by atoms with Crippen molar-refractivity contribution in [2.24, 2.45) is 5.73 Å². The van der Waals surface area contributed by atoms with Gasteiger partial charge < -0.3 is 10.6 Å². The zero-order chi connectivity index (χ0) is 12.3. The molecule has 0 aromatic carbocycles. The number of likely N-dealkylation sites (N-methyl/N-ethyl adjacent to an activating group) is 1. The molecule has 0 radical (unpaired) electrons. The third kappa shape index (κ3) is 2.87. The average molecular weight is 236 g/mol. The Morgan fingerprint density at radius 1 is 1.59 bits per heavy atom. The molecule has 4 nitrogen and oxygen atoms in total. The molecule has 0 spiro atoms. The third-order valence-corrected chi connectivity index (χ3v) is 3.85. The summed E-state index contributed by atoms with van der Waals surface area (Å²) in [5.74, 6) is 0.412. The number of likely N-dealkylation sites (tertiary alicyclic amines) is 1. The van der Waals surface area contributed by atoms with Crippen molar-refractivity contribution in [3.05, 3.63) is 18.0 Å². The van der Waals surface area contributed by atoms with E-state index < -0.39 is 0 Å². The third-order valence-electron chi connectivity index (χ3n) is 3.85. The summed E-state index contributed by atoms with van der Waals surface area (Å²) in [5.41, 5.74) is 6.96. The second-order valence-corrected chi connectivity index (χ2v) is 5.08. The molecular weight excluding hydrogens is 212 g/mol. The van der Waals surface area contributed by atoms with E-state index in [1.165, 1.54) is 24.9 Å². The molecule has 96 valence electrons. The van der Waals surface area contributed by atoms with Crippen molar-refractivity contribution in [1.29, 1.82) is 0 Å². The van der Waals surface area contributed by atoms with Crippen molar-refractivity contribution in [2.75, 3.05) is 26.2 Å². The topological polar surface area (TPSA) is 47.1 Å². The molecule has 0 saturated carbocycles. The van der Waals surface area contributed by atoms with Crippen molar-refractivity contribution < 1.29 is 0 Å². The first-order valence-electron chi connectivity index (χ1n) is 6.71. The highest BCUT2D eigenvalue weighted by Crippen LogP contribution is 2.22. The van der Waals surface area contributed by atoms with Crippen LogP contribution in [0.2, 0.25) is 0 Å². The van der Waals surface area contributed by atoms with Gasteiger partial charge in [-0.25, -0.2) is 0 Å². The summed E-state index contributed by atoms with van der Waals surface area (Å²) < 4.78 is 2.14. The van der Waals surface area contributed by atoms with Gasteiger partial charge in [-0.1, -0.05) is 13.8 Å². The summed E-state index contributed by atoms with van der Waals surface area (Å²) >= 11 is 0. The van der Waals surface area contributed by atoms with E-state index >= 15 is 0 Å². The minimum Gasteiger partial charge on any atom is -0.330 e. The van der Waals surface area contributed by atoms with Gasteiger partial charge in [-0.05, 0) is 44.0 Å². The monoisotopic (exact) mass is 236 g/mol. The molecular formula is C13H24N4. The molecule has 1 aliphatic heterocycles. The Labute approximate surface area is 104 Å². The fraction of sp³-hybridized carbons (Fsp3) is 0.769. The van der Waals surface area contributed by atoms with Crippen LogP contribution in [0.1, 0.15) is 44.2 Å². The van der Waals surface area contributed by atoms with E-state index in [0.29, 0.717) is 18.5 Å². The Kier molecular flexibility index (Phi) is 4.18. The maximum absolute atomic E-state index is 5.69. The fourth-order valence-electron chi connectivity index (χ4n) is 2.48. The quantitative estimate of drug-likeness (QED) is 0.864. The van der Waals surface area contributed by atoms with Crippen LogP contribution < -0.4 is 5.73 Å². The van der Waals surface area contributed by atoms with Crippen molar-refractivity contribution in [3.63, 3.8) is 0 Å². The summed E-state index contributed by atoms with van der Waals surface area (Å²) in [5, 5.41) is 4.51. The second-order valence-electron chi connectivity index (χ2n) is 5.08. The van der Waals surface area contributed by atoms with E-state index in [9.17, 15) is 0 Å². The van der Waals surface area contributed by atoms with Crippen LogP contribution in [0.15, 0.2) is 12.4 Å². The van der Waals surface area contributed by atoms with Crippen molar-refractivity contribution in [3.8, 4) is 0 Å². The Morgan fingerprint density at radius 3 is 3.12 bits per heavy atom.